The second-order valence-corrected chi connectivity index (χ2v) is 8.24. The minimum absolute atomic E-state index is 0.172. The summed E-state index contributed by atoms with van der Waals surface area (Å²) < 4.78 is 15.3. The standard InChI is InChI=1S/C20H23N5O2S/c1-12-8-14(10-21-25-18(20(3,4)5)22-23-19(25)28)13(2)24(12)15-6-7-16-17(9-15)27-11-26-16/h6-10H,11H2,1-5H3,(H,23,28)/b21-10-. The highest BCUT2D eigenvalue weighted by molar-refractivity contribution is 7.71. The monoisotopic (exact) mass is 397 g/mol. The molecule has 1 N–H and O–H groups in total. The quantitative estimate of drug-likeness (QED) is 0.530. The molecule has 146 valence electrons. The molecule has 0 fully saturated rings. The Morgan fingerprint density at radius 2 is 1.93 bits per heavy atom. The summed E-state index contributed by atoms with van der Waals surface area (Å²) in [4.78, 5) is 0. The van der Waals surface area contributed by atoms with E-state index < -0.39 is 0 Å². The van der Waals surface area contributed by atoms with Crippen LogP contribution in [0.5, 0.6) is 11.5 Å². The zero-order valence-corrected chi connectivity index (χ0v) is 17.4. The van der Waals surface area contributed by atoms with E-state index in [0.717, 1.165) is 40.0 Å². The third-order valence-electron chi connectivity index (χ3n) is 4.72. The molecule has 3 aromatic rings. The molecule has 1 aliphatic heterocycles. The predicted octanol–water partition coefficient (Wildman–Crippen LogP) is 4.26. The molecule has 8 heteroatoms. The van der Waals surface area contributed by atoms with E-state index in [1.165, 1.54) is 0 Å². The van der Waals surface area contributed by atoms with Gasteiger partial charge < -0.3 is 14.0 Å². The number of hydrogen-bond acceptors (Lipinski definition) is 5. The lowest BCUT2D eigenvalue weighted by molar-refractivity contribution is 0.174. The molecule has 0 spiro atoms. The first-order chi connectivity index (χ1) is 13.3. The van der Waals surface area contributed by atoms with Gasteiger partial charge in [-0.2, -0.15) is 14.9 Å². The highest BCUT2D eigenvalue weighted by Crippen LogP contribution is 2.34. The molecule has 0 amide bonds. The molecule has 0 unspecified atom stereocenters. The summed E-state index contributed by atoms with van der Waals surface area (Å²) in [5, 5.41) is 11.8. The lowest BCUT2D eigenvalue weighted by Gasteiger charge is -2.15. The highest BCUT2D eigenvalue weighted by Gasteiger charge is 2.21. The maximum absolute atomic E-state index is 5.51. The van der Waals surface area contributed by atoms with Gasteiger partial charge in [-0.3, -0.25) is 5.10 Å². The number of fused-ring (bicyclic) bond motifs is 1. The van der Waals surface area contributed by atoms with Crippen molar-refractivity contribution in [3.05, 3.63) is 51.8 Å². The maximum atomic E-state index is 5.51. The first kappa shape index (κ1) is 18.5. The Labute approximate surface area is 168 Å². The molecule has 2 aromatic heterocycles. The average Bonchev–Trinajstić information content (AvgIpc) is 3.30. The molecule has 28 heavy (non-hydrogen) atoms. The van der Waals surface area contributed by atoms with Crippen molar-refractivity contribution in [2.75, 3.05) is 6.79 Å². The summed E-state index contributed by atoms with van der Waals surface area (Å²) in [6.45, 7) is 10.6. The molecule has 1 aromatic carbocycles. The molecule has 7 nitrogen and oxygen atoms in total. The van der Waals surface area contributed by atoms with Gasteiger partial charge in [0.25, 0.3) is 0 Å². The van der Waals surface area contributed by atoms with Crippen LogP contribution in [-0.2, 0) is 5.41 Å². The summed E-state index contributed by atoms with van der Waals surface area (Å²) >= 11 is 5.34. The van der Waals surface area contributed by atoms with Crippen molar-refractivity contribution in [1.29, 1.82) is 0 Å². The number of aromatic nitrogens is 4. The van der Waals surface area contributed by atoms with Crippen molar-refractivity contribution in [2.45, 2.75) is 40.0 Å². The second kappa shape index (κ2) is 6.63. The van der Waals surface area contributed by atoms with Crippen LogP contribution in [-0.4, -0.2) is 32.4 Å². The molecule has 1 aliphatic rings. The van der Waals surface area contributed by atoms with Crippen molar-refractivity contribution in [3.63, 3.8) is 0 Å². The van der Waals surface area contributed by atoms with Crippen molar-refractivity contribution < 1.29 is 9.47 Å². The van der Waals surface area contributed by atoms with E-state index in [4.69, 9.17) is 21.7 Å². The Hall–Kier alpha value is -2.87. The molecular formula is C20H23N5O2S. The van der Waals surface area contributed by atoms with Crippen LogP contribution in [0.2, 0.25) is 0 Å². The number of nitrogens with zero attached hydrogens (tertiary/aromatic N) is 4. The SMILES string of the molecule is Cc1cc(/C=N\n2c(C(C)(C)C)n[nH]c2=S)c(C)n1-c1ccc2c(c1)OCO2. The minimum atomic E-state index is -0.172. The van der Waals surface area contributed by atoms with Gasteiger partial charge in [-0.15, -0.1) is 0 Å². The number of benzene rings is 1. The zero-order valence-electron chi connectivity index (χ0n) is 16.6. The molecule has 0 bridgehead atoms. The minimum Gasteiger partial charge on any atom is -0.454 e. The molecule has 4 rings (SSSR count). The summed E-state index contributed by atoms with van der Waals surface area (Å²) in [7, 11) is 0. The lowest BCUT2D eigenvalue weighted by Crippen LogP contribution is -2.17. The second-order valence-electron chi connectivity index (χ2n) is 7.86. The highest BCUT2D eigenvalue weighted by atomic mass is 32.1. The Bertz CT molecular complexity index is 1130. The molecule has 0 radical (unpaired) electrons. The molecule has 3 heterocycles. The van der Waals surface area contributed by atoms with Crippen LogP contribution in [0.15, 0.2) is 29.4 Å². The van der Waals surface area contributed by atoms with E-state index in [1.807, 2.05) is 24.4 Å². The molecule has 0 atom stereocenters. The normalized spacial score (nSPS) is 13.6. The van der Waals surface area contributed by atoms with Gasteiger partial charge in [0.1, 0.15) is 0 Å². The van der Waals surface area contributed by atoms with E-state index in [-0.39, 0.29) is 12.2 Å². The van der Waals surface area contributed by atoms with Crippen molar-refractivity contribution in [3.8, 4) is 17.2 Å². The fourth-order valence-corrected chi connectivity index (χ4v) is 3.52. The molecular weight excluding hydrogens is 374 g/mol. The number of ether oxygens (including phenoxy) is 2. The van der Waals surface area contributed by atoms with E-state index in [0.29, 0.717) is 4.77 Å². The van der Waals surface area contributed by atoms with Crippen LogP contribution in [0.25, 0.3) is 5.69 Å². The fraction of sp³-hybridized carbons (Fsp3) is 0.350. The number of hydrogen-bond donors (Lipinski definition) is 1. The molecule has 0 aliphatic carbocycles. The first-order valence-corrected chi connectivity index (χ1v) is 9.48. The summed E-state index contributed by atoms with van der Waals surface area (Å²) in [6.07, 6.45) is 1.83. The number of aryl methyl sites for hydroxylation is 1. The topological polar surface area (TPSA) is 69.4 Å². The Balaban J connectivity index is 1.72. The summed E-state index contributed by atoms with van der Waals surface area (Å²) in [5.74, 6) is 2.33. The van der Waals surface area contributed by atoms with Crippen LogP contribution in [0, 0.1) is 18.6 Å². The Morgan fingerprint density at radius 3 is 2.68 bits per heavy atom. The van der Waals surface area contributed by atoms with Gasteiger partial charge in [0, 0.05) is 34.1 Å². The van der Waals surface area contributed by atoms with Crippen LogP contribution >= 0.6 is 12.2 Å². The van der Waals surface area contributed by atoms with Crippen molar-refractivity contribution in [1.82, 2.24) is 19.4 Å². The van der Waals surface area contributed by atoms with Gasteiger partial charge in [0.2, 0.25) is 11.6 Å². The van der Waals surface area contributed by atoms with Crippen LogP contribution in [0.4, 0.5) is 0 Å². The van der Waals surface area contributed by atoms with Crippen LogP contribution < -0.4 is 9.47 Å². The number of nitrogens with one attached hydrogen (secondary N) is 1. The number of H-pyrrole nitrogens is 1. The maximum Gasteiger partial charge on any atom is 0.231 e. The Kier molecular flexibility index (Phi) is 4.38. The van der Waals surface area contributed by atoms with Gasteiger partial charge >= 0.3 is 0 Å². The van der Waals surface area contributed by atoms with E-state index >= 15 is 0 Å². The van der Waals surface area contributed by atoms with Crippen molar-refractivity contribution in [2.24, 2.45) is 5.10 Å². The van der Waals surface area contributed by atoms with E-state index in [1.54, 1.807) is 4.68 Å². The summed E-state index contributed by atoms with van der Waals surface area (Å²) in [5.41, 5.74) is 4.04. The number of aromatic amines is 1. The third kappa shape index (κ3) is 3.13. The van der Waals surface area contributed by atoms with Crippen LogP contribution in [0.3, 0.4) is 0 Å². The largest absolute Gasteiger partial charge is 0.454 e. The molecule has 0 saturated carbocycles. The lowest BCUT2D eigenvalue weighted by atomic mass is 9.96. The summed E-state index contributed by atoms with van der Waals surface area (Å²) in [6, 6.07) is 8.06. The smallest absolute Gasteiger partial charge is 0.231 e. The first-order valence-electron chi connectivity index (χ1n) is 9.07. The predicted molar refractivity (Wildman–Crippen MR) is 110 cm³/mol. The fourth-order valence-electron chi connectivity index (χ4n) is 3.34. The van der Waals surface area contributed by atoms with Crippen molar-refractivity contribution >= 4 is 18.4 Å². The van der Waals surface area contributed by atoms with Gasteiger partial charge in [-0.05, 0) is 44.3 Å². The van der Waals surface area contributed by atoms with Gasteiger partial charge in [-0.25, -0.2) is 0 Å². The van der Waals surface area contributed by atoms with Gasteiger partial charge in [-0.1, -0.05) is 20.8 Å². The van der Waals surface area contributed by atoms with Crippen LogP contribution in [0.1, 0.15) is 43.5 Å². The Morgan fingerprint density at radius 1 is 1.18 bits per heavy atom. The third-order valence-corrected chi connectivity index (χ3v) is 4.98. The van der Waals surface area contributed by atoms with E-state index in [2.05, 4.69) is 60.6 Å². The van der Waals surface area contributed by atoms with Gasteiger partial charge in [0.15, 0.2) is 17.3 Å². The zero-order chi connectivity index (χ0) is 20.1. The van der Waals surface area contributed by atoms with E-state index in [9.17, 15) is 0 Å². The molecule has 0 saturated heterocycles. The average molecular weight is 398 g/mol. The number of rotatable bonds is 3. The van der Waals surface area contributed by atoms with Gasteiger partial charge in [0.05, 0.1) is 6.21 Å².